The van der Waals surface area contributed by atoms with E-state index in [1.807, 2.05) is 67.8 Å². The zero-order valence-electron chi connectivity index (χ0n) is 16.8. The van der Waals surface area contributed by atoms with Gasteiger partial charge in [0.2, 0.25) is 5.91 Å². The van der Waals surface area contributed by atoms with Crippen LogP contribution in [0.3, 0.4) is 0 Å². The van der Waals surface area contributed by atoms with Crippen LogP contribution in [-0.4, -0.2) is 15.5 Å². The number of nitrogens with two attached hydrogens (primary N) is 1. The van der Waals surface area contributed by atoms with E-state index in [1.165, 1.54) is 0 Å². The lowest BCUT2D eigenvalue weighted by Gasteiger charge is -2.14. The number of benzene rings is 2. The molecule has 5 nitrogen and oxygen atoms in total. The van der Waals surface area contributed by atoms with E-state index in [4.69, 9.17) is 5.73 Å². The third-order valence-electron chi connectivity index (χ3n) is 4.53. The highest BCUT2D eigenvalue weighted by Gasteiger charge is 2.16. The molecule has 1 amide bonds. The molecule has 0 bridgehead atoms. The summed E-state index contributed by atoms with van der Waals surface area (Å²) in [5, 5.41) is 2.92. The molecule has 1 unspecified atom stereocenters. The van der Waals surface area contributed by atoms with E-state index in [-0.39, 0.29) is 30.7 Å². The van der Waals surface area contributed by atoms with Gasteiger partial charge in [0.25, 0.3) is 0 Å². The van der Waals surface area contributed by atoms with Gasteiger partial charge in [-0.3, -0.25) is 4.79 Å². The van der Waals surface area contributed by atoms with Crippen LogP contribution >= 0.6 is 24.8 Å². The predicted molar refractivity (Wildman–Crippen MR) is 123 cm³/mol. The minimum absolute atomic E-state index is 0. The van der Waals surface area contributed by atoms with Crippen molar-refractivity contribution in [3.05, 3.63) is 83.4 Å². The molecule has 2 aromatic carbocycles. The van der Waals surface area contributed by atoms with Crippen molar-refractivity contribution in [2.75, 3.05) is 5.32 Å². The molecule has 3 aromatic rings. The highest BCUT2D eigenvalue weighted by Crippen LogP contribution is 2.18. The van der Waals surface area contributed by atoms with Crippen LogP contribution in [0.4, 0.5) is 5.69 Å². The molecule has 3 rings (SSSR count). The molecule has 0 radical (unpaired) electrons. The van der Waals surface area contributed by atoms with Crippen LogP contribution in [0, 0.1) is 6.92 Å². The third-order valence-corrected chi connectivity index (χ3v) is 4.53. The van der Waals surface area contributed by atoms with Gasteiger partial charge in [-0.25, -0.2) is 4.98 Å². The molecule has 156 valence electrons. The Morgan fingerprint density at radius 1 is 1.14 bits per heavy atom. The zero-order chi connectivity index (χ0) is 19.4. The predicted octanol–water partition coefficient (Wildman–Crippen LogP) is 4.85. The fraction of sp³-hybridized carbons (Fsp3) is 0.273. The Kier molecular flexibility index (Phi) is 9.37. The number of hydrogen-bond donors (Lipinski definition) is 2. The number of carbonyl (C=O) groups is 1. The first-order valence-electron chi connectivity index (χ1n) is 9.17. The summed E-state index contributed by atoms with van der Waals surface area (Å²) < 4.78 is 2.13. The first kappa shape index (κ1) is 24.7. The summed E-state index contributed by atoms with van der Waals surface area (Å²) >= 11 is 0. The van der Waals surface area contributed by atoms with Crippen LogP contribution in [-0.2, 0) is 11.3 Å². The Bertz CT molecular complexity index is 923. The Morgan fingerprint density at radius 2 is 1.83 bits per heavy atom. The molecule has 1 atom stereocenters. The van der Waals surface area contributed by atoms with E-state index < -0.39 is 6.04 Å². The van der Waals surface area contributed by atoms with Gasteiger partial charge in [-0.15, -0.1) is 24.8 Å². The minimum atomic E-state index is -0.699. The van der Waals surface area contributed by atoms with E-state index in [1.54, 1.807) is 0 Å². The van der Waals surface area contributed by atoms with Gasteiger partial charge in [0.05, 0.1) is 0 Å². The number of halogens is 2. The second-order valence-electron chi connectivity index (χ2n) is 7.15. The third kappa shape index (κ3) is 6.32. The van der Waals surface area contributed by atoms with Crippen molar-refractivity contribution in [3.8, 4) is 0 Å². The van der Waals surface area contributed by atoms with E-state index in [0.29, 0.717) is 12.5 Å². The summed E-state index contributed by atoms with van der Waals surface area (Å²) in [7, 11) is 0. The average Bonchev–Trinajstić information content (AvgIpc) is 3.10. The van der Waals surface area contributed by atoms with Crippen molar-refractivity contribution in [2.45, 2.75) is 39.3 Å². The lowest BCUT2D eigenvalue weighted by atomic mass is 10.1. The molecule has 0 aliphatic carbocycles. The van der Waals surface area contributed by atoms with E-state index in [2.05, 4.69) is 28.7 Å². The van der Waals surface area contributed by atoms with Crippen molar-refractivity contribution >= 4 is 36.4 Å². The van der Waals surface area contributed by atoms with Gasteiger partial charge in [-0.2, -0.15) is 0 Å². The van der Waals surface area contributed by atoms with Crippen LogP contribution in [0.5, 0.6) is 0 Å². The van der Waals surface area contributed by atoms with E-state index >= 15 is 0 Å². The van der Waals surface area contributed by atoms with Crippen molar-refractivity contribution in [3.63, 3.8) is 0 Å². The molecule has 7 heteroatoms. The number of nitrogens with one attached hydrogen (secondary N) is 1. The summed E-state index contributed by atoms with van der Waals surface area (Å²) in [6.45, 7) is 6.97. The molecule has 3 N–H and O–H groups in total. The quantitative estimate of drug-likeness (QED) is 0.582. The molecule has 0 fully saturated rings. The normalized spacial score (nSPS) is 11.3. The number of imidazole rings is 1. The van der Waals surface area contributed by atoms with Gasteiger partial charge in [0, 0.05) is 30.5 Å². The highest BCUT2D eigenvalue weighted by atomic mass is 35.5. The minimum Gasteiger partial charge on any atom is -0.330 e. The number of carbonyl (C=O) groups excluding carboxylic acids is 1. The highest BCUT2D eigenvalue weighted by molar-refractivity contribution is 5.95. The number of anilines is 1. The van der Waals surface area contributed by atoms with Crippen molar-refractivity contribution in [1.29, 1.82) is 0 Å². The summed E-state index contributed by atoms with van der Waals surface area (Å²) in [4.78, 5) is 16.9. The van der Waals surface area contributed by atoms with Gasteiger partial charge >= 0.3 is 0 Å². The molecule has 1 aromatic heterocycles. The lowest BCUT2D eigenvalue weighted by molar-refractivity contribution is -0.117. The monoisotopic (exact) mass is 434 g/mol. The molecule has 29 heavy (non-hydrogen) atoms. The molecule has 0 saturated carbocycles. The number of nitrogens with zero attached hydrogens (tertiary/aromatic N) is 2. The molecular weight excluding hydrogens is 407 g/mol. The maximum atomic E-state index is 12.5. The average molecular weight is 435 g/mol. The number of hydrogen-bond acceptors (Lipinski definition) is 3. The van der Waals surface area contributed by atoms with Crippen LogP contribution in [0.2, 0.25) is 0 Å². The fourth-order valence-electron chi connectivity index (χ4n) is 3.04. The molecule has 0 aliphatic rings. The Labute approximate surface area is 184 Å². The van der Waals surface area contributed by atoms with Crippen LogP contribution in [0.15, 0.2) is 60.9 Å². The summed E-state index contributed by atoms with van der Waals surface area (Å²) in [6, 6.07) is 14.8. The Morgan fingerprint density at radius 3 is 2.48 bits per heavy atom. The van der Waals surface area contributed by atoms with E-state index in [0.717, 1.165) is 28.2 Å². The van der Waals surface area contributed by atoms with Crippen LogP contribution < -0.4 is 11.1 Å². The SMILES string of the molecule is Cc1ccc(C(N)C(=O)Nc2cccc(Cn3ccnc3C(C)C)c2)cc1.Cl.Cl. The maximum Gasteiger partial charge on any atom is 0.245 e. The van der Waals surface area contributed by atoms with Gasteiger partial charge in [-0.05, 0) is 30.2 Å². The Balaban J connectivity index is 0.00000210. The summed E-state index contributed by atoms with van der Waals surface area (Å²) in [5.74, 6) is 1.18. The standard InChI is InChI=1S/C22H26N4O.2ClH/c1-15(2)21-24-11-12-26(21)14-17-5-4-6-19(13-17)25-22(27)20(23)18-9-7-16(3)8-10-18;;/h4-13,15,20H,14,23H2,1-3H3,(H,25,27);2*1H. The molecule has 1 heterocycles. The Hall–Kier alpha value is -2.34. The summed E-state index contributed by atoms with van der Waals surface area (Å²) in [5.41, 5.74) is 9.89. The van der Waals surface area contributed by atoms with Crippen LogP contribution in [0.25, 0.3) is 0 Å². The van der Waals surface area contributed by atoms with Gasteiger partial charge in [0.15, 0.2) is 0 Å². The second kappa shape index (κ2) is 11.0. The van der Waals surface area contributed by atoms with Gasteiger partial charge in [-0.1, -0.05) is 55.8 Å². The number of rotatable bonds is 6. The van der Waals surface area contributed by atoms with Crippen molar-refractivity contribution in [1.82, 2.24) is 9.55 Å². The smallest absolute Gasteiger partial charge is 0.245 e. The number of aromatic nitrogens is 2. The van der Waals surface area contributed by atoms with Gasteiger partial charge < -0.3 is 15.6 Å². The van der Waals surface area contributed by atoms with Gasteiger partial charge in [0.1, 0.15) is 11.9 Å². The molecule has 0 aliphatic heterocycles. The van der Waals surface area contributed by atoms with Crippen LogP contribution in [0.1, 0.15) is 48.3 Å². The molecular formula is C22H28Cl2N4O. The molecule has 0 spiro atoms. The lowest BCUT2D eigenvalue weighted by Crippen LogP contribution is -2.27. The largest absolute Gasteiger partial charge is 0.330 e. The number of aryl methyl sites for hydroxylation is 1. The van der Waals surface area contributed by atoms with Crippen molar-refractivity contribution in [2.24, 2.45) is 5.73 Å². The molecule has 0 saturated heterocycles. The number of amides is 1. The fourth-order valence-corrected chi connectivity index (χ4v) is 3.04. The topological polar surface area (TPSA) is 72.9 Å². The maximum absolute atomic E-state index is 12.5. The second-order valence-corrected chi connectivity index (χ2v) is 7.15. The summed E-state index contributed by atoms with van der Waals surface area (Å²) in [6.07, 6.45) is 3.80. The zero-order valence-corrected chi connectivity index (χ0v) is 18.5. The van der Waals surface area contributed by atoms with Crippen molar-refractivity contribution < 1.29 is 4.79 Å². The van der Waals surface area contributed by atoms with E-state index in [9.17, 15) is 4.79 Å². The first-order valence-corrected chi connectivity index (χ1v) is 9.17. The first-order chi connectivity index (χ1) is 12.9.